The van der Waals surface area contributed by atoms with E-state index in [1.54, 1.807) is 6.07 Å². The van der Waals surface area contributed by atoms with Crippen molar-refractivity contribution in [2.45, 2.75) is 13.8 Å². The summed E-state index contributed by atoms with van der Waals surface area (Å²) >= 11 is 4.80. The second kappa shape index (κ2) is 4.84. The van der Waals surface area contributed by atoms with E-state index in [0.29, 0.717) is 10.6 Å². The first-order chi connectivity index (χ1) is 8.72. The lowest BCUT2D eigenvalue weighted by atomic mass is 10.2. The van der Waals surface area contributed by atoms with Crippen LogP contribution in [-0.4, -0.2) is 31.3 Å². The highest BCUT2D eigenvalue weighted by Crippen LogP contribution is 2.29. The molecule has 5 nitrogen and oxygen atoms in total. The Balaban J connectivity index is 2.60. The van der Waals surface area contributed by atoms with Crippen molar-refractivity contribution in [3.63, 3.8) is 0 Å². The summed E-state index contributed by atoms with van der Waals surface area (Å²) in [4.78, 5) is 13.2. The number of Topliss-reactive ketones (excluding diaryl/α,β-unsaturated/α-hetero) is 1. The number of rotatable bonds is 2. The van der Waals surface area contributed by atoms with Crippen molar-refractivity contribution in [3.8, 4) is 0 Å². The minimum atomic E-state index is -3.83. The third kappa shape index (κ3) is 2.65. The highest BCUT2D eigenvalue weighted by molar-refractivity contribution is 9.10. The van der Waals surface area contributed by atoms with Gasteiger partial charge in [0, 0.05) is 23.3 Å². The van der Waals surface area contributed by atoms with Crippen molar-refractivity contribution in [2.75, 3.05) is 7.05 Å². The van der Waals surface area contributed by atoms with Crippen LogP contribution < -0.4 is 0 Å². The van der Waals surface area contributed by atoms with Gasteiger partial charge in [-0.1, -0.05) is 0 Å². The maximum absolute atomic E-state index is 11.9. The maximum Gasteiger partial charge on any atom is 0.345 e. The zero-order valence-electron chi connectivity index (χ0n) is 10.5. The molecule has 102 valence electrons. The molecule has 0 bridgehead atoms. The van der Waals surface area contributed by atoms with Gasteiger partial charge in [-0.25, -0.2) is 0 Å². The predicted octanol–water partition coefficient (Wildman–Crippen LogP) is 2.27. The van der Waals surface area contributed by atoms with Crippen LogP contribution in [0.2, 0.25) is 0 Å². The van der Waals surface area contributed by atoms with Crippen molar-refractivity contribution in [1.82, 2.24) is 4.31 Å². The largest absolute Gasteiger partial charge is 0.345 e. The standard InChI is InChI=1S/C11H11BrN2O3S2/c1-6(15)10-5-9(13-19(16,17)14(10)3)11-4-8(12)7(2)18-11/h4-5H,1-3H3. The van der Waals surface area contributed by atoms with Gasteiger partial charge in [-0.15, -0.1) is 15.7 Å². The van der Waals surface area contributed by atoms with Crippen molar-refractivity contribution in [2.24, 2.45) is 4.40 Å². The van der Waals surface area contributed by atoms with Crippen molar-refractivity contribution < 1.29 is 13.2 Å². The molecule has 0 saturated heterocycles. The van der Waals surface area contributed by atoms with E-state index < -0.39 is 10.2 Å². The molecule has 2 heterocycles. The van der Waals surface area contributed by atoms with Crippen LogP contribution in [-0.2, 0) is 15.0 Å². The average molecular weight is 363 g/mol. The molecule has 2 rings (SSSR count). The number of halogens is 1. The van der Waals surface area contributed by atoms with Gasteiger partial charge >= 0.3 is 10.2 Å². The summed E-state index contributed by atoms with van der Waals surface area (Å²) in [7, 11) is -2.52. The van der Waals surface area contributed by atoms with Crippen molar-refractivity contribution >= 4 is 49.0 Å². The average Bonchev–Trinajstić information content (AvgIpc) is 2.62. The smallest absolute Gasteiger partial charge is 0.293 e. The molecule has 0 saturated carbocycles. The molecule has 0 amide bonds. The number of aryl methyl sites for hydroxylation is 1. The molecule has 1 aromatic heterocycles. The molecular formula is C11H11BrN2O3S2. The monoisotopic (exact) mass is 362 g/mol. The number of allylic oxidation sites excluding steroid dienone is 2. The Bertz CT molecular complexity index is 697. The molecule has 0 N–H and O–H groups in total. The summed E-state index contributed by atoms with van der Waals surface area (Å²) in [5.41, 5.74) is 0.411. The summed E-state index contributed by atoms with van der Waals surface area (Å²) in [6, 6.07) is 1.80. The highest BCUT2D eigenvalue weighted by Gasteiger charge is 2.28. The molecule has 1 aliphatic heterocycles. The molecule has 19 heavy (non-hydrogen) atoms. The molecule has 0 fully saturated rings. The first-order valence-electron chi connectivity index (χ1n) is 5.30. The molecule has 0 aliphatic carbocycles. The second-order valence-electron chi connectivity index (χ2n) is 4.02. The van der Waals surface area contributed by atoms with Crippen LogP contribution in [0.15, 0.2) is 26.7 Å². The molecule has 1 aliphatic rings. The van der Waals surface area contributed by atoms with Crippen LogP contribution in [0.1, 0.15) is 16.7 Å². The first-order valence-corrected chi connectivity index (χ1v) is 8.31. The number of hydrogen-bond donors (Lipinski definition) is 0. The number of thiophene rings is 1. The van der Waals surface area contributed by atoms with Gasteiger partial charge in [-0.3, -0.25) is 9.10 Å². The number of hydrogen-bond acceptors (Lipinski definition) is 4. The fourth-order valence-electron chi connectivity index (χ4n) is 1.58. The van der Waals surface area contributed by atoms with Gasteiger partial charge in [0.15, 0.2) is 5.78 Å². The van der Waals surface area contributed by atoms with Crippen LogP contribution in [0.25, 0.3) is 0 Å². The molecule has 0 aromatic carbocycles. The molecule has 0 radical (unpaired) electrons. The topological polar surface area (TPSA) is 66.8 Å². The Labute approximate surface area is 124 Å². The van der Waals surface area contributed by atoms with Crippen molar-refractivity contribution in [1.29, 1.82) is 0 Å². The lowest BCUT2D eigenvalue weighted by Gasteiger charge is -2.22. The Kier molecular flexibility index (Phi) is 3.67. The number of nitrogens with zero attached hydrogens (tertiary/aromatic N) is 2. The van der Waals surface area contributed by atoms with Crippen molar-refractivity contribution in [3.05, 3.63) is 32.1 Å². The van der Waals surface area contributed by atoms with E-state index in [-0.39, 0.29) is 11.5 Å². The van der Waals surface area contributed by atoms with Gasteiger partial charge in [0.05, 0.1) is 16.3 Å². The minimum absolute atomic E-state index is 0.118. The lowest BCUT2D eigenvalue weighted by Crippen LogP contribution is -2.32. The Morgan fingerprint density at radius 3 is 2.58 bits per heavy atom. The Morgan fingerprint density at radius 2 is 2.11 bits per heavy atom. The minimum Gasteiger partial charge on any atom is -0.293 e. The number of carbonyl (C=O) groups is 1. The number of carbonyl (C=O) groups excluding carboxylic acids is 1. The Hall–Kier alpha value is -0.990. The molecule has 0 unspecified atom stereocenters. The SMILES string of the molecule is CC(=O)C1=CC(c2cc(Br)c(C)s2)=NS(=O)(=O)N1C. The maximum atomic E-state index is 11.9. The van der Waals surface area contributed by atoms with E-state index in [4.69, 9.17) is 0 Å². The van der Waals surface area contributed by atoms with Gasteiger partial charge in [-0.2, -0.15) is 8.42 Å². The van der Waals surface area contributed by atoms with E-state index in [1.807, 2.05) is 6.92 Å². The third-order valence-electron chi connectivity index (χ3n) is 2.64. The summed E-state index contributed by atoms with van der Waals surface area (Å²) in [6.07, 6.45) is 1.50. The summed E-state index contributed by atoms with van der Waals surface area (Å²) in [5, 5.41) is 0. The van der Waals surface area contributed by atoms with Gasteiger partial charge in [0.1, 0.15) is 0 Å². The molecular weight excluding hydrogens is 352 g/mol. The molecule has 1 aromatic rings. The van der Waals surface area contributed by atoms with Crippen LogP contribution >= 0.6 is 27.3 Å². The number of ketones is 1. The zero-order chi connectivity index (χ0) is 14.4. The zero-order valence-corrected chi connectivity index (χ0v) is 13.7. The van der Waals surface area contributed by atoms with Crippen LogP contribution in [0, 0.1) is 6.92 Å². The van der Waals surface area contributed by atoms with Gasteiger partial charge in [0.2, 0.25) is 0 Å². The summed E-state index contributed by atoms with van der Waals surface area (Å²) in [5.74, 6) is -0.314. The lowest BCUT2D eigenvalue weighted by molar-refractivity contribution is -0.114. The van der Waals surface area contributed by atoms with E-state index >= 15 is 0 Å². The molecule has 8 heteroatoms. The van der Waals surface area contributed by atoms with Crippen LogP contribution in [0.4, 0.5) is 0 Å². The van der Waals surface area contributed by atoms with E-state index in [0.717, 1.165) is 13.7 Å². The molecule has 0 spiro atoms. The normalized spacial score (nSPS) is 18.0. The van der Waals surface area contributed by atoms with Gasteiger partial charge in [0.25, 0.3) is 0 Å². The molecule has 0 atom stereocenters. The van der Waals surface area contributed by atoms with E-state index in [1.165, 1.54) is 31.4 Å². The fraction of sp³-hybridized carbons (Fsp3) is 0.273. The fourth-order valence-corrected chi connectivity index (χ4v) is 4.09. The third-order valence-corrected chi connectivity index (χ3v) is 6.12. The summed E-state index contributed by atoms with van der Waals surface area (Å²) in [6.45, 7) is 3.24. The predicted molar refractivity (Wildman–Crippen MR) is 78.7 cm³/mol. The summed E-state index contributed by atoms with van der Waals surface area (Å²) < 4.78 is 29.3. The highest BCUT2D eigenvalue weighted by atomic mass is 79.9. The number of likely N-dealkylation sites (N-methyl/N-ethyl adjacent to an activating group) is 1. The second-order valence-corrected chi connectivity index (χ2v) is 7.76. The quantitative estimate of drug-likeness (QED) is 0.810. The van der Waals surface area contributed by atoms with E-state index in [2.05, 4.69) is 20.3 Å². The first kappa shape index (κ1) is 14.4. The van der Waals surface area contributed by atoms with Gasteiger partial charge < -0.3 is 0 Å². The van der Waals surface area contributed by atoms with Crippen LogP contribution in [0.5, 0.6) is 0 Å². The van der Waals surface area contributed by atoms with E-state index in [9.17, 15) is 13.2 Å². The van der Waals surface area contributed by atoms with Gasteiger partial charge in [-0.05, 0) is 35.0 Å². The Morgan fingerprint density at radius 1 is 1.47 bits per heavy atom. The van der Waals surface area contributed by atoms with Crippen LogP contribution in [0.3, 0.4) is 0 Å².